The number of hydrogen-bond donors (Lipinski definition) is 2. The Morgan fingerprint density at radius 3 is 2.31 bits per heavy atom. The molecule has 4 aromatic rings. The first-order valence-electron chi connectivity index (χ1n) is 11.5. The van der Waals surface area contributed by atoms with Crippen molar-refractivity contribution >= 4 is 28.0 Å². The third-order valence-corrected chi connectivity index (χ3v) is 6.89. The van der Waals surface area contributed by atoms with E-state index in [9.17, 15) is 14.7 Å². The standard InChI is InChI=1S/C29H23BrN2O4/c30-20-7-5-6-18(14-20)21-12-13-31-16-19(21)15-27(28(33)34)32-29(35)36-17-26-24-10-3-1-8-22(24)23-9-2-4-11-25(23)26/h1-14,16,26-27H,15,17H2,(H,32,35)(H,33,34). The van der Waals surface area contributed by atoms with Gasteiger partial charge in [-0.3, -0.25) is 4.98 Å². The first-order chi connectivity index (χ1) is 17.5. The van der Waals surface area contributed by atoms with Crippen LogP contribution >= 0.6 is 15.9 Å². The molecule has 1 amide bonds. The molecule has 7 heteroatoms. The topological polar surface area (TPSA) is 88.5 Å². The van der Waals surface area contributed by atoms with Crippen molar-refractivity contribution in [2.24, 2.45) is 0 Å². The fraction of sp³-hybridized carbons (Fsp3) is 0.138. The molecule has 0 aliphatic heterocycles. The zero-order valence-electron chi connectivity index (χ0n) is 19.2. The molecule has 6 nitrogen and oxygen atoms in total. The summed E-state index contributed by atoms with van der Waals surface area (Å²) in [5.74, 6) is -1.25. The van der Waals surface area contributed by atoms with E-state index >= 15 is 0 Å². The second kappa shape index (κ2) is 10.3. The zero-order chi connectivity index (χ0) is 25.1. The first-order valence-corrected chi connectivity index (χ1v) is 12.3. The predicted octanol–water partition coefficient (Wildman–Crippen LogP) is 6.05. The van der Waals surface area contributed by atoms with Crippen molar-refractivity contribution in [3.63, 3.8) is 0 Å². The predicted molar refractivity (Wildman–Crippen MR) is 141 cm³/mol. The van der Waals surface area contributed by atoms with Crippen LogP contribution in [0.1, 0.15) is 22.6 Å². The lowest BCUT2D eigenvalue weighted by Crippen LogP contribution is -2.43. The van der Waals surface area contributed by atoms with Crippen LogP contribution in [-0.4, -0.2) is 34.8 Å². The third kappa shape index (κ3) is 4.88. The van der Waals surface area contributed by atoms with Crippen LogP contribution < -0.4 is 5.32 Å². The van der Waals surface area contributed by atoms with E-state index in [0.29, 0.717) is 5.56 Å². The molecule has 180 valence electrons. The number of nitrogens with zero attached hydrogens (tertiary/aromatic N) is 1. The Kier molecular flexibility index (Phi) is 6.82. The maximum atomic E-state index is 12.7. The Bertz CT molecular complexity index is 1390. The van der Waals surface area contributed by atoms with Crippen LogP contribution in [0.3, 0.4) is 0 Å². The van der Waals surface area contributed by atoms with Gasteiger partial charge in [-0.2, -0.15) is 0 Å². The number of rotatable bonds is 7. The van der Waals surface area contributed by atoms with Gasteiger partial charge >= 0.3 is 12.1 Å². The lowest BCUT2D eigenvalue weighted by Gasteiger charge is -2.18. The molecule has 0 saturated carbocycles. The molecule has 1 aliphatic rings. The van der Waals surface area contributed by atoms with Gasteiger partial charge < -0.3 is 15.2 Å². The van der Waals surface area contributed by atoms with Gasteiger partial charge in [0.15, 0.2) is 0 Å². The van der Waals surface area contributed by atoms with Gasteiger partial charge in [0.25, 0.3) is 0 Å². The number of fused-ring (bicyclic) bond motifs is 3. The summed E-state index contributed by atoms with van der Waals surface area (Å²) in [6, 6.07) is 24.5. The van der Waals surface area contributed by atoms with Crippen molar-refractivity contribution in [1.82, 2.24) is 10.3 Å². The molecular weight excluding hydrogens is 520 g/mol. The second-order valence-electron chi connectivity index (χ2n) is 8.61. The molecule has 1 aliphatic carbocycles. The van der Waals surface area contributed by atoms with Crippen molar-refractivity contribution in [2.75, 3.05) is 6.61 Å². The number of ether oxygens (including phenoxy) is 1. The summed E-state index contributed by atoms with van der Waals surface area (Å²) in [4.78, 5) is 28.9. The summed E-state index contributed by atoms with van der Waals surface area (Å²) in [5, 5.41) is 12.4. The Hall–Kier alpha value is -3.97. The van der Waals surface area contributed by atoms with E-state index in [1.165, 1.54) is 0 Å². The second-order valence-corrected chi connectivity index (χ2v) is 9.52. The number of carbonyl (C=O) groups is 2. The number of hydrogen-bond acceptors (Lipinski definition) is 4. The Balaban J connectivity index is 1.30. The minimum Gasteiger partial charge on any atom is -0.480 e. The molecule has 36 heavy (non-hydrogen) atoms. The van der Waals surface area contributed by atoms with Crippen LogP contribution in [0.15, 0.2) is 95.7 Å². The largest absolute Gasteiger partial charge is 0.480 e. The summed E-state index contributed by atoms with van der Waals surface area (Å²) in [6.07, 6.45) is 2.59. The highest BCUT2D eigenvalue weighted by Crippen LogP contribution is 2.44. The molecule has 2 N–H and O–H groups in total. The number of alkyl carbamates (subject to hydrolysis) is 1. The Labute approximate surface area is 217 Å². The number of amides is 1. The minimum absolute atomic E-state index is 0.0647. The van der Waals surface area contributed by atoms with Crippen LogP contribution in [-0.2, 0) is 16.0 Å². The quantitative estimate of drug-likeness (QED) is 0.297. The highest BCUT2D eigenvalue weighted by molar-refractivity contribution is 9.10. The fourth-order valence-corrected chi connectivity index (χ4v) is 5.13. The van der Waals surface area contributed by atoms with Crippen LogP contribution in [0.5, 0.6) is 0 Å². The van der Waals surface area contributed by atoms with Gasteiger partial charge in [0.05, 0.1) is 0 Å². The molecule has 1 heterocycles. The van der Waals surface area contributed by atoms with Crippen molar-refractivity contribution in [2.45, 2.75) is 18.4 Å². The highest BCUT2D eigenvalue weighted by atomic mass is 79.9. The maximum absolute atomic E-state index is 12.7. The third-order valence-electron chi connectivity index (χ3n) is 6.40. The van der Waals surface area contributed by atoms with Gasteiger partial charge in [-0.25, -0.2) is 9.59 Å². The number of benzene rings is 3. The number of pyridine rings is 1. The van der Waals surface area contributed by atoms with Gasteiger partial charge in [-0.1, -0.05) is 76.6 Å². The summed E-state index contributed by atoms with van der Waals surface area (Å²) >= 11 is 3.47. The SMILES string of the molecule is O=C(NC(Cc1cnccc1-c1cccc(Br)c1)C(=O)O)OCC1c2ccccc2-c2ccccc21. The van der Waals surface area contributed by atoms with E-state index in [0.717, 1.165) is 37.9 Å². The molecule has 0 spiro atoms. The van der Waals surface area contributed by atoms with E-state index in [4.69, 9.17) is 4.74 Å². The lowest BCUT2D eigenvalue weighted by molar-refractivity contribution is -0.139. The van der Waals surface area contributed by atoms with E-state index in [1.807, 2.05) is 66.7 Å². The monoisotopic (exact) mass is 542 g/mol. The van der Waals surface area contributed by atoms with E-state index in [2.05, 4.69) is 38.4 Å². The van der Waals surface area contributed by atoms with Crippen molar-refractivity contribution in [3.05, 3.63) is 112 Å². The molecule has 0 fully saturated rings. The van der Waals surface area contributed by atoms with Gasteiger partial charge in [0.1, 0.15) is 12.6 Å². The van der Waals surface area contributed by atoms with Crippen molar-refractivity contribution in [1.29, 1.82) is 0 Å². The highest BCUT2D eigenvalue weighted by Gasteiger charge is 2.30. The van der Waals surface area contributed by atoms with E-state index < -0.39 is 18.1 Å². The molecule has 5 rings (SSSR count). The molecule has 1 unspecified atom stereocenters. The van der Waals surface area contributed by atoms with Gasteiger partial charge in [-0.15, -0.1) is 0 Å². The number of carboxylic acids is 1. The molecular formula is C29H23BrN2O4. The summed E-state index contributed by atoms with van der Waals surface area (Å²) in [5.41, 5.74) is 6.93. The van der Waals surface area contributed by atoms with Crippen molar-refractivity contribution < 1.29 is 19.4 Å². The molecule has 1 atom stereocenters. The van der Waals surface area contributed by atoms with E-state index in [-0.39, 0.29) is 18.9 Å². The van der Waals surface area contributed by atoms with Crippen LogP contribution in [0, 0.1) is 0 Å². The van der Waals surface area contributed by atoms with Gasteiger partial charge in [0, 0.05) is 29.2 Å². The smallest absolute Gasteiger partial charge is 0.407 e. The first kappa shape index (κ1) is 23.8. The number of aromatic nitrogens is 1. The lowest BCUT2D eigenvalue weighted by atomic mass is 9.97. The zero-order valence-corrected chi connectivity index (χ0v) is 20.8. The average Bonchev–Trinajstić information content (AvgIpc) is 3.21. The molecule has 1 aromatic heterocycles. The number of halogens is 1. The van der Waals surface area contributed by atoms with Crippen LogP contribution in [0.4, 0.5) is 4.79 Å². The summed E-state index contributed by atoms with van der Waals surface area (Å²) in [7, 11) is 0. The molecule has 0 saturated heterocycles. The number of aliphatic carboxylic acids is 1. The van der Waals surface area contributed by atoms with Crippen LogP contribution in [0.2, 0.25) is 0 Å². The normalized spacial score (nSPS) is 12.9. The van der Waals surface area contributed by atoms with Gasteiger partial charge in [-0.05, 0) is 57.1 Å². The number of carboxylic acid groups (broad SMARTS) is 1. The maximum Gasteiger partial charge on any atom is 0.407 e. The minimum atomic E-state index is -1.17. The molecule has 0 radical (unpaired) electrons. The summed E-state index contributed by atoms with van der Waals surface area (Å²) in [6.45, 7) is 0.113. The van der Waals surface area contributed by atoms with Crippen LogP contribution in [0.25, 0.3) is 22.3 Å². The molecule has 3 aromatic carbocycles. The van der Waals surface area contributed by atoms with Gasteiger partial charge in [0.2, 0.25) is 0 Å². The fourth-order valence-electron chi connectivity index (χ4n) is 4.73. The Morgan fingerprint density at radius 2 is 1.64 bits per heavy atom. The number of nitrogens with one attached hydrogen (secondary N) is 1. The van der Waals surface area contributed by atoms with Crippen molar-refractivity contribution in [3.8, 4) is 22.3 Å². The Morgan fingerprint density at radius 1 is 0.944 bits per heavy atom. The molecule has 0 bridgehead atoms. The average molecular weight is 543 g/mol. The number of carbonyl (C=O) groups excluding carboxylic acids is 1. The van der Waals surface area contributed by atoms with E-state index in [1.54, 1.807) is 12.4 Å². The summed E-state index contributed by atoms with van der Waals surface area (Å²) < 4.78 is 6.46.